The summed E-state index contributed by atoms with van der Waals surface area (Å²) in [6.07, 6.45) is 3.64. The summed E-state index contributed by atoms with van der Waals surface area (Å²) in [7, 11) is 0. The molecule has 0 spiro atoms. The Morgan fingerprint density at radius 3 is 2.38 bits per heavy atom. The molecule has 1 aliphatic rings. The van der Waals surface area contributed by atoms with Gasteiger partial charge in [0.15, 0.2) is 0 Å². The molecule has 0 saturated carbocycles. The summed E-state index contributed by atoms with van der Waals surface area (Å²) in [6, 6.07) is 2.76. The molecular formula is C19H31NO. The van der Waals surface area contributed by atoms with Crippen LogP contribution in [0.4, 0.5) is 0 Å². The molecule has 1 aromatic rings. The highest BCUT2D eigenvalue weighted by molar-refractivity contribution is 5.46. The lowest BCUT2D eigenvalue weighted by atomic mass is 9.82. The number of benzene rings is 1. The fourth-order valence-electron chi connectivity index (χ4n) is 3.55. The van der Waals surface area contributed by atoms with Crippen LogP contribution >= 0.6 is 0 Å². The Morgan fingerprint density at radius 1 is 1.19 bits per heavy atom. The molecule has 2 unspecified atom stereocenters. The summed E-state index contributed by atoms with van der Waals surface area (Å²) in [4.78, 5) is 0. The maximum Gasteiger partial charge on any atom is 0.0512 e. The van der Waals surface area contributed by atoms with E-state index in [-0.39, 0.29) is 0 Å². The second-order valence-corrected chi connectivity index (χ2v) is 6.58. The Hall–Kier alpha value is -0.860. The molecule has 0 radical (unpaired) electrons. The minimum absolute atomic E-state index is 0.434. The van der Waals surface area contributed by atoms with Gasteiger partial charge in [-0.3, -0.25) is 0 Å². The molecule has 1 N–H and O–H groups in total. The summed E-state index contributed by atoms with van der Waals surface area (Å²) in [5, 5.41) is 3.81. The third kappa shape index (κ3) is 3.67. The van der Waals surface area contributed by atoms with E-state index in [1.165, 1.54) is 47.1 Å². The molecular weight excluding hydrogens is 258 g/mol. The smallest absolute Gasteiger partial charge is 0.0512 e. The lowest BCUT2D eigenvalue weighted by Crippen LogP contribution is -2.35. The first-order chi connectivity index (χ1) is 10.1. The molecule has 1 aliphatic heterocycles. The zero-order chi connectivity index (χ0) is 15.4. The minimum Gasteiger partial charge on any atom is -0.381 e. The van der Waals surface area contributed by atoms with Gasteiger partial charge in [-0.25, -0.2) is 0 Å². The van der Waals surface area contributed by atoms with Crippen molar-refractivity contribution in [2.24, 2.45) is 5.92 Å². The van der Waals surface area contributed by atoms with Crippen LogP contribution in [0, 0.1) is 33.6 Å². The van der Waals surface area contributed by atoms with E-state index in [0.29, 0.717) is 12.0 Å². The molecule has 2 rings (SSSR count). The molecule has 2 heteroatoms. The first-order valence-corrected chi connectivity index (χ1v) is 8.44. The molecule has 0 aromatic heterocycles. The van der Waals surface area contributed by atoms with Crippen molar-refractivity contribution in [2.75, 3.05) is 19.8 Å². The van der Waals surface area contributed by atoms with Crippen LogP contribution in [0.5, 0.6) is 0 Å². The zero-order valence-corrected chi connectivity index (χ0v) is 14.4. The molecule has 1 heterocycles. The number of rotatable bonds is 5. The highest BCUT2D eigenvalue weighted by Crippen LogP contribution is 2.35. The van der Waals surface area contributed by atoms with Crippen molar-refractivity contribution in [1.29, 1.82) is 0 Å². The Morgan fingerprint density at radius 2 is 1.86 bits per heavy atom. The SMILES string of the molecule is CCCNC(c1c(C)c(C)cc(C)c1C)C1CCCOC1. The average molecular weight is 289 g/mol. The minimum atomic E-state index is 0.434. The Balaban J connectivity index is 2.40. The van der Waals surface area contributed by atoms with E-state index in [2.05, 4.69) is 46.0 Å². The van der Waals surface area contributed by atoms with Gasteiger partial charge in [0, 0.05) is 18.6 Å². The molecule has 0 amide bonds. The lowest BCUT2D eigenvalue weighted by Gasteiger charge is -2.34. The molecule has 1 fully saturated rings. The normalized spacial score (nSPS) is 20.5. The Bertz CT molecular complexity index is 449. The van der Waals surface area contributed by atoms with Crippen LogP contribution in [0.1, 0.15) is 60.0 Å². The second kappa shape index (κ2) is 7.42. The summed E-state index contributed by atoms with van der Waals surface area (Å²) in [6.45, 7) is 14.2. The van der Waals surface area contributed by atoms with Gasteiger partial charge in [0.1, 0.15) is 0 Å². The molecule has 21 heavy (non-hydrogen) atoms. The van der Waals surface area contributed by atoms with Gasteiger partial charge >= 0.3 is 0 Å². The summed E-state index contributed by atoms with van der Waals surface area (Å²) in [5.74, 6) is 0.601. The Kier molecular flexibility index (Phi) is 5.83. The topological polar surface area (TPSA) is 21.3 Å². The first kappa shape index (κ1) is 16.5. The lowest BCUT2D eigenvalue weighted by molar-refractivity contribution is 0.0388. The van der Waals surface area contributed by atoms with Crippen LogP contribution in [0.15, 0.2) is 6.07 Å². The average Bonchev–Trinajstić information content (AvgIpc) is 2.49. The fourth-order valence-corrected chi connectivity index (χ4v) is 3.55. The molecule has 1 aromatic carbocycles. The first-order valence-electron chi connectivity index (χ1n) is 8.44. The molecule has 118 valence electrons. The van der Waals surface area contributed by atoms with E-state index in [1.807, 2.05) is 0 Å². The molecule has 0 aliphatic carbocycles. The van der Waals surface area contributed by atoms with E-state index in [4.69, 9.17) is 4.74 Å². The van der Waals surface area contributed by atoms with Crippen molar-refractivity contribution in [3.63, 3.8) is 0 Å². The van der Waals surface area contributed by atoms with Gasteiger partial charge in [-0.1, -0.05) is 13.0 Å². The number of aryl methyl sites for hydroxylation is 2. The van der Waals surface area contributed by atoms with Crippen LogP contribution < -0.4 is 5.32 Å². The zero-order valence-electron chi connectivity index (χ0n) is 14.4. The van der Waals surface area contributed by atoms with Crippen molar-refractivity contribution < 1.29 is 4.74 Å². The fraction of sp³-hybridized carbons (Fsp3) is 0.684. The Labute approximate surface area is 130 Å². The quantitative estimate of drug-likeness (QED) is 0.868. The number of hydrogen-bond acceptors (Lipinski definition) is 2. The summed E-state index contributed by atoms with van der Waals surface area (Å²) in [5.41, 5.74) is 7.26. The standard InChI is InChI=1S/C19H31NO/c1-6-9-20-19(17-8-7-10-21-12-17)18-15(4)13(2)11-14(3)16(18)5/h11,17,19-20H,6-10,12H2,1-5H3. The summed E-state index contributed by atoms with van der Waals surface area (Å²) < 4.78 is 5.76. The number of nitrogens with one attached hydrogen (secondary N) is 1. The third-order valence-corrected chi connectivity index (χ3v) is 5.02. The largest absolute Gasteiger partial charge is 0.381 e. The van der Waals surface area contributed by atoms with Gasteiger partial charge in [0.25, 0.3) is 0 Å². The third-order valence-electron chi connectivity index (χ3n) is 5.02. The maximum atomic E-state index is 5.76. The van der Waals surface area contributed by atoms with Gasteiger partial charge in [0.2, 0.25) is 0 Å². The van der Waals surface area contributed by atoms with Crippen LogP contribution in [0.2, 0.25) is 0 Å². The van der Waals surface area contributed by atoms with E-state index in [9.17, 15) is 0 Å². The number of ether oxygens (including phenoxy) is 1. The van der Waals surface area contributed by atoms with Crippen LogP contribution in [-0.2, 0) is 4.74 Å². The molecule has 0 bridgehead atoms. The molecule has 1 saturated heterocycles. The highest BCUT2D eigenvalue weighted by Gasteiger charge is 2.28. The van der Waals surface area contributed by atoms with Crippen LogP contribution in [0.25, 0.3) is 0 Å². The van der Waals surface area contributed by atoms with Crippen molar-refractivity contribution >= 4 is 0 Å². The van der Waals surface area contributed by atoms with Gasteiger partial charge in [-0.15, -0.1) is 0 Å². The van der Waals surface area contributed by atoms with Gasteiger partial charge in [0.05, 0.1) is 6.61 Å². The predicted molar refractivity (Wildman–Crippen MR) is 90.0 cm³/mol. The van der Waals surface area contributed by atoms with Crippen molar-refractivity contribution in [3.05, 3.63) is 33.9 Å². The van der Waals surface area contributed by atoms with E-state index in [0.717, 1.165) is 19.8 Å². The number of hydrogen-bond donors (Lipinski definition) is 1. The van der Waals surface area contributed by atoms with Crippen LogP contribution in [0.3, 0.4) is 0 Å². The van der Waals surface area contributed by atoms with Gasteiger partial charge in [-0.2, -0.15) is 0 Å². The van der Waals surface area contributed by atoms with Crippen molar-refractivity contribution in [3.8, 4) is 0 Å². The van der Waals surface area contributed by atoms with Crippen molar-refractivity contribution in [1.82, 2.24) is 5.32 Å². The monoisotopic (exact) mass is 289 g/mol. The predicted octanol–water partition coefficient (Wildman–Crippen LogP) is 4.39. The van der Waals surface area contributed by atoms with Gasteiger partial charge in [-0.05, 0) is 81.3 Å². The van der Waals surface area contributed by atoms with E-state index < -0.39 is 0 Å². The highest BCUT2D eigenvalue weighted by atomic mass is 16.5. The second-order valence-electron chi connectivity index (χ2n) is 6.58. The van der Waals surface area contributed by atoms with Gasteiger partial charge < -0.3 is 10.1 Å². The van der Waals surface area contributed by atoms with Crippen molar-refractivity contribution in [2.45, 2.75) is 59.9 Å². The summed E-state index contributed by atoms with van der Waals surface area (Å²) >= 11 is 0. The van der Waals surface area contributed by atoms with E-state index >= 15 is 0 Å². The van der Waals surface area contributed by atoms with E-state index in [1.54, 1.807) is 0 Å². The molecule has 2 atom stereocenters. The molecule has 2 nitrogen and oxygen atoms in total. The maximum absolute atomic E-state index is 5.76. The van der Waals surface area contributed by atoms with Crippen LogP contribution in [-0.4, -0.2) is 19.8 Å².